The van der Waals surface area contributed by atoms with E-state index in [-0.39, 0.29) is 24.0 Å². The zero-order valence-electron chi connectivity index (χ0n) is 9.45. The summed E-state index contributed by atoms with van der Waals surface area (Å²) in [5, 5.41) is 11.4. The molecule has 17 heavy (non-hydrogen) atoms. The van der Waals surface area contributed by atoms with Gasteiger partial charge in [0.15, 0.2) is 0 Å². The van der Waals surface area contributed by atoms with Crippen LogP contribution in [0.3, 0.4) is 0 Å². The predicted octanol–water partition coefficient (Wildman–Crippen LogP) is 1.21. The van der Waals surface area contributed by atoms with Gasteiger partial charge in [0.2, 0.25) is 0 Å². The van der Waals surface area contributed by atoms with Crippen molar-refractivity contribution in [1.82, 2.24) is 5.06 Å². The van der Waals surface area contributed by atoms with Gasteiger partial charge < -0.3 is 9.94 Å². The van der Waals surface area contributed by atoms with Gasteiger partial charge in [-0.25, -0.2) is 4.79 Å². The van der Waals surface area contributed by atoms with E-state index in [1.165, 1.54) is 0 Å². The zero-order valence-corrected chi connectivity index (χ0v) is 9.45. The van der Waals surface area contributed by atoms with Crippen LogP contribution in [-0.4, -0.2) is 34.8 Å². The van der Waals surface area contributed by atoms with Gasteiger partial charge in [-0.15, -0.1) is 5.06 Å². The van der Waals surface area contributed by atoms with Crippen molar-refractivity contribution in [1.29, 1.82) is 0 Å². The number of benzene rings is 1. The van der Waals surface area contributed by atoms with E-state index < -0.39 is 0 Å². The molecule has 0 aromatic heterocycles. The highest BCUT2D eigenvalue weighted by atomic mass is 16.7. The van der Waals surface area contributed by atoms with Crippen LogP contribution in [0.4, 0.5) is 0 Å². The van der Waals surface area contributed by atoms with E-state index in [4.69, 9.17) is 4.84 Å². The number of aliphatic hydroxyl groups excluding tert-OH is 1. The van der Waals surface area contributed by atoms with Crippen LogP contribution in [0.5, 0.6) is 0 Å². The molecule has 2 bridgehead atoms. The highest BCUT2D eigenvalue weighted by Gasteiger charge is 2.45. The lowest BCUT2D eigenvalue weighted by molar-refractivity contribution is -0.140. The van der Waals surface area contributed by atoms with Crippen molar-refractivity contribution in [3.05, 3.63) is 35.9 Å². The van der Waals surface area contributed by atoms with Crippen LogP contribution < -0.4 is 0 Å². The molecule has 0 radical (unpaired) electrons. The SMILES string of the molecule is O=C(ON1CC2CC1CC2O)c1ccccc1. The van der Waals surface area contributed by atoms with Crippen molar-refractivity contribution in [2.45, 2.75) is 25.0 Å². The first kappa shape index (κ1) is 10.7. The molecule has 2 aliphatic rings. The topological polar surface area (TPSA) is 49.8 Å². The van der Waals surface area contributed by atoms with E-state index in [0.29, 0.717) is 18.5 Å². The van der Waals surface area contributed by atoms with Crippen LogP contribution in [0.1, 0.15) is 23.2 Å². The highest BCUT2D eigenvalue weighted by molar-refractivity contribution is 5.89. The molecule has 1 saturated heterocycles. The molecular weight excluding hydrogens is 218 g/mol. The number of aliphatic hydroxyl groups is 1. The number of hydroxylamine groups is 2. The lowest BCUT2D eigenvalue weighted by Gasteiger charge is -2.27. The smallest absolute Gasteiger partial charge is 0.357 e. The van der Waals surface area contributed by atoms with E-state index in [1.54, 1.807) is 17.2 Å². The van der Waals surface area contributed by atoms with Crippen LogP contribution in [0.2, 0.25) is 0 Å². The number of piperidine rings is 1. The van der Waals surface area contributed by atoms with Crippen molar-refractivity contribution in [2.75, 3.05) is 6.54 Å². The Morgan fingerprint density at radius 2 is 2.06 bits per heavy atom. The maximum atomic E-state index is 11.8. The Hall–Kier alpha value is -1.39. The Balaban J connectivity index is 1.64. The molecule has 1 N–H and O–H groups in total. The monoisotopic (exact) mass is 233 g/mol. The Labute approximate surface area is 99.8 Å². The first-order valence-corrected chi connectivity index (χ1v) is 5.96. The van der Waals surface area contributed by atoms with E-state index in [0.717, 1.165) is 6.42 Å². The van der Waals surface area contributed by atoms with Gasteiger partial charge >= 0.3 is 5.97 Å². The summed E-state index contributed by atoms with van der Waals surface area (Å²) >= 11 is 0. The molecule has 3 rings (SSSR count). The van der Waals surface area contributed by atoms with Crippen LogP contribution in [-0.2, 0) is 4.84 Å². The summed E-state index contributed by atoms with van der Waals surface area (Å²) in [6, 6.07) is 9.18. The third-order valence-corrected chi connectivity index (χ3v) is 3.66. The number of fused-ring (bicyclic) bond motifs is 2. The molecule has 1 aromatic rings. The zero-order chi connectivity index (χ0) is 11.8. The van der Waals surface area contributed by atoms with Crippen LogP contribution in [0.15, 0.2) is 30.3 Å². The molecular formula is C13H15NO3. The van der Waals surface area contributed by atoms with E-state index in [1.807, 2.05) is 18.2 Å². The number of hydrogen-bond donors (Lipinski definition) is 1. The second kappa shape index (κ2) is 4.13. The minimum atomic E-state index is -0.312. The lowest BCUT2D eigenvalue weighted by atomic mass is 10.1. The van der Waals surface area contributed by atoms with Crippen molar-refractivity contribution in [3.63, 3.8) is 0 Å². The summed E-state index contributed by atoms with van der Waals surface area (Å²) in [5.74, 6) is -0.0452. The number of carbonyl (C=O) groups excluding carboxylic acids is 1. The van der Waals surface area contributed by atoms with Crippen molar-refractivity contribution in [3.8, 4) is 0 Å². The third kappa shape index (κ3) is 1.94. The van der Waals surface area contributed by atoms with Gasteiger partial charge in [-0.1, -0.05) is 18.2 Å². The minimum Gasteiger partial charge on any atom is -0.393 e. The second-order valence-corrected chi connectivity index (χ2v) is 4.80. The molecule has 1 aromatic carbocycles. The summed E-state index contributed by atoms with van der Waals surface area (Å²) in [6.45, 7) is 0.657. The Morgan fingerprint density at radius 3 is 2.65 bits per heavy atom. The summed E-state index contributed by atoms with van der Waals surface area (Å²) in [5.41, 5.74) is 0.566. The van der Waals surface area contributed by atoms with E-state index in [9.17, 15) is 9.90 Å². The highest BCUT2D eigenvalue weighted by Crippen LogP contribution is 2.37. The molecule has 4 heteroatoms. The average molecular weight is 233 g/mol. The van der Waals surface area contributed by atoms with Gasteiger partial charge in [0, 0.05) is 18.5 Å². The fourth-order valence-electron chi connectivity index (χ4n) is 2.73. The molecule has 4 nitrogen and oxygen atoms in total. The molecule has 1 aliphatic carbocycles. The lowest BCUT2D eigenvalue weighted by Crippen LogP contribution is -2.38. The summed E-state index contributed by atoms with van der Waals surface area (Å²) < 4.78 is 0. The second-order valence-electron chi connectivity index (χ2n) is 4.80. The van der Waals surface area contributed by atoms with Gasteiger partial charge in [-0.2, -0.15) is 0 Å². The number of rotatable bonds is 2. The van der Waals surface area contributed by atoms with Gasteiger partial charge in [-0.3, -0.25) is 0 Å². The number of nitrogens with zero attached hydrogens (tertiary/aromatic N) is 1. The summed E-state index contributed by atoms with van der Waals surface area (Å²) in [7, 11) is 0. The van der Waals surface area contributed by atoms with Crippen molar-refractivity contribution >= 4 is 5.97 Å². The molecule has 0 amide bonds. The van der Waals surface area contributed by atoms with E-state index >= 15 is 0 Å². The average Bonchev–Trinajstić information content (AvgIpc) is 2.89. The van der Waals surface area contributed by atoms with E-state index in [2.05, 4.69) is 0 Å². The first-order chi connectivity index (χ1) is 8.24. The molecule has 2 fully saturated rings. The molecule has 3 atom stereocenters. The fraction of sp³-hybridized carbons (Fsp3) is 0.462. The van der Waals surface area contributed by atoms with Crippen LogP contribution >= 0.6 is 0 Å². The van der Waals surface area contributed by atoms with Gasteiger partial charge in [-0.05, 0) is 25.0 Å². The molecule has 1 heterocycles. The molecule has 1 aliphatic heterocycles. The third-order valence-electron chi connectivity index (χ3n) is 3.66. The normalized spacial score (nSPS) is 31.7. The maximum Gasteiger partial charge on any atom is 0.357 e. The number of hydrogen-bond acceptors (Lipinski definition) is 4. The molecule has 3 unspecified atom stereocenters. The molecule has 1 saturated carbocycles. The largest absolute Gasteiger partial charge is 0.393 e. The fourth-order valence-corrected chi connectivity index (χ4v) is 2.73. The first-order valence-electron chi connectivity index (χ1n) is 5.96. The molecule has 0 spiro atoms. The minimum absolute atomic E-state index is 0.197. The van der Waals surface area contributed by atoms with Crippen molar-refractivity contribution in [2.24, 2.45) is 5.92 Å². The van der Waals surface area contributed by atoms with Crippen molar-refractivity contribution < 1.29 is 14.7 Å². The number of carbonyl (C=O) groups is 1. The Kier molecular flexibility index (Phi) is 2.61. The Morgan fingerprint density at radius 1 is 1.29 bits per heavy atom. The van der Waals surface area contributed by atoms with Gasteiger partial charge in [0.05, 0.1) is 11.7 Å². The quantitative estimate of drug-likeness (QED) is 0.834. The van der Waals surface area contributed by atoms with Crippen LogP contribution in [0, 0.1) is 5.92 Å². The molecule has 90 valence electrons. The van der Waals surface area contributed by atoms with Crippen LogP contribution in [0.25, 0.3) is 0 Å². The maximum absolute atomic E-state index is 11.8. The predicted molar refractivity (Wildman–Crippen MR) is 61.1 cm³/mol. The van der Waals surface area contributed by atoms with Gasteiger partial charge in [0.1, 0.15) is 0 Å². The Bertz CT molecular complexity index is 418. The summed E-state index contributed by atoms with van der Waals surface area (Å²) in [4.78, 5) is 17.2. The van der Waals surface area contributed by atoms with Gasteiger partial charge in [0.25, 0.3) is 0 Å². The standard InChI is InChI=1S/C13H15NO3/c15-12-7-11-6-10(12)8-14(11)17-13(16)9-4-2-1-3-5-9/h1-5,10-12,15H,6-8H2. The summed E-state index contributed by atoms with van der Waals surface area (Å²) in [6.07, 6.45) is 1.43.